The molecule has 0 bridgehead atoms. The van der Waals surface area contributed by atoms with Crippen molar-refractivity contribution in [3.63, 3.8) is 0 Å². The van der Waals surface area contributed by atoms with Gasteiger partial charge in [-0.3, -0.25) is 4.79 Å². The number of rotatable bonds is 6. The monoisotopic (exact) mass is 433 g/mol. The number of anilines is 1. The van der Waals surface area contributed by atoms with Gasteiger partial charge in [-0.1, -0.05) is 41.4 Å². The highest BCUT2D eigenvalue weighted by Crippen LogP contribution is 2.22. The van der Waals surface area contributed by atoms with E-state index in [2.05, 4.69) is 10.4 Å². The molecular formula is C21H18ClF2N3O3. The van der Waals surface area contributed by atoms with Gasteiger partial charge in [-0.15, -0.1) is 0 Å². The normalized spacial score (nSPS) is 10.7. The lowest BCUT2D eigenvalue weighted by Gasteiger charge is -2.07. The van der Waals surface area contributed by atoms with Crippen LogP contribution in [-0.4, -0.2) is 28.3 Å². The molecule has 3 rings (SSSR count). The quantitative estimate of drug-likeness (QED) is 0.589. The third kappa shape index (κ3) is 5.01. The molecule has 30 heavy (non-hydrogen) atoms. The van der Waals surface area contributed by atoms with Gasteiger partial charge in [-0.2, -0.15) is 5.10 Å². The predicted octanol–water partition coefficient (Wildman–Crippen LogP) is 4.28. The molecule has 9 heteroatoms. The van der Waals surface area contributed by atoms with E-state index in [0.717, 1.165) is 23.3 Å². The predicted molar refractivity (Wildman–Crippen MR) is 108 cm³/mol. The zero-order chi connectivity index (χ0) is 21.8. The Kier molecular flexibility index (Phi) is 6.47. The number of aryl methyl sites for hydroxylation is 2. The van der Waals surface area contributed by atoms with Gasteiger partial charge in [0.1, 0.15) is 10.7 Å². The summed E-state index contributed by atoms with van der Waals surface area (Å²) in [6.07, 6.45) is 0. The number of carbonyl (C=O) groups is 2. The molecule has 1 amide bonds. The molecule has 0 fully saturated rings. The summed E-state index contributed by atoms with van der Waals surface area (Å²) in [6.45, 7) is 3.32. The highest BCUT2D eigenvalue weighted by Gasteiger charge is 2.22. The number of aromatic nitrogens is 2. The van der Waals surface area contributed by atoms with Crippen LogP contribution in [0.25, 0.3) is 0 Å². The summed E-state index contributed by atoms with van der Waals surface area (Å²) in [4.78, 5) is 24.3. The fourth-order valence-corrected chi connectivity index (χ4v) is 3.04. The number of ether oxygens (including phenoxy) is 1. The average molecular weight is 434 g/mol. The second kappa shape index (κ2) is 9.04. The molecule has 156 valence electrons. The van der Waals surface area contributed by atoms with E-state index in [1.165, 1.54) is 10.7 Å². The largest absolute Gasteiger partial charge is 0.452 e. The van der Waals surface area contributed by atoms with Crippen molar-refractivity contribution in [2.45, 2.75) is 20.4 Å². The lowest BCUT2D eigenvalue weighted by molar-refractivity contribution is -0.119. The fourth-order valence-electron chi connectivity index (χ4n) is 2.73. The smallest absolute Gasteiger partial charge is 0.343 e. The van der Waals surface area contributed by atoms with E-state index in [1.807, 2.05) is 31.2 Å². The SMILES string of the molecule is Cc1ccc(Cn2nc(C)c(C(=O)OCC(=O)Nc3ccc(F)c(F)c3)c2Cl)cc1. The molecular weight excluding hydrogens is 416 g/mol. The number of hydrogen-bond donors (Lipinski definition) is 1. The van der Waals surface area contributed by atoms with Crippen LogP contribution in [0.1, 0.15) is 27.2 Å². The Morgan fingerprint density at radius 1 is 1.10 bits per heavy atom. The molecule has 0 saturated heterocycles. The van der Waals surface area contributed by atoms with E-state index < -0.39 is 30.1 Å². The molecule has 0 aliphatic carbocycles. The second-order valence-electron chi connectivity index (χ2n) is 6.65. The van der Waals surface area contributed by atoms with E-state index >= 15 is 0 Å². The summed E-state index contributed by atoms with van der Waals surface area (Å²) in [5, 5.41) is 6.68. The molecule has 1 heterocycles. The number of esters is 1. The highest BCUT2D eigenvalue weighted by molar-refractivity contribution is 6.32. The van der Waals surface area contributed by atoms with Gasteiger partial charge < -0.3 is 10.1 Å². The number of benzene rings is 2. The van der Waals surface area contributed by atoms with E-state index in [9.17, 15) is 18.4 Å². The molecule has 0 spiro atoms. The first-order valence-corrected chi connectivity index (χ1v) is 9.33. The molecule has 1 N–H and O–H groups in total. The lowest BCUT2D eigenvalue weighted by atomic mass is 10.1. The maximum atomic E-state index is 13.2. The first-order valence-electron chi connectivity index (χ1n) is 8.95. The van der Waals surface area contributed by atoms with Crippen molar-refractivity contribution in [1.29, 1.82) is 0 Å². The van der Waals surface area contributed by atoms with Crippen LogP contribution in [0.5, 0.6) is 0 Å². The lowest BCUT2D eigenvalue weighted by Crippen LogP contribution is -2.21. The van der Waals surface area contributed by atoms with Gasteiger partial charge in [0.05, 0.1) is 12.2 Å². The maximum Gasteiger partial charge on any atom is 0.343 e. The van der Waals surface area contributed by atoms with Crippen molar-refractivity contribution in [3.8, 4) is 0 Å². The Morgan fingerprint density at radius 2 is 1.80 bits per heavy atom. The van der Waals surface area contributed by atoms with Crippen molar-refractivity contribution >= 4 is 29.2 Å². The van der Waals surface area contributed by atoms with E-state index in [0.29, 0.717) is 12.2 Å². The summed E-state index contributed by atoms with van der Waals surface area (Å²) >= 11 is 6.30. The van der Waals surface area contributed by atoms with Gasteiger partial charge in [0.2, 0.25) is 0 Å². The third-order valence-electron chi connectivity index (χ3n) is 4.26. The Labute approximate surface area is 176 Å². The Balaban J connectivity index is 1.63. The molecule has 3 aromatic rings. The van der Waals surface area contributed by atoms with Gasteiger partial charge >= 0.3 is 5.97 Å². The van der Waals surface area contributed by atoms with Crippen molar-refractivity contribution in [1.82, 2.24) is 9.78 Å². The van der Waals surface area contributed by atoms with Gasteiger partial charge in [0.25, 0.3) is 5.91 Å². The summed E-state index contributed by atoms with van der Waals surface area (Å²) in [6, 6.07) is 10.7. The number of carbonyl (C=O) groups excluding carboxylic acids is 2. The van der Waals surface area contributed by atoms with Crippen LogP contribution in [0.2, 0.25) is 5.15 Å². The Bertz CT molecular complexity index is 1100. The molecule has 0 atom stereocenters. The van der Waals surface area contributed by atoms with Crippen molar-refractivity contribution in [2.75, 3.05) is 11.9 Å². The van der Waals surface area contributed by atoms with Crippen molar-refractivity contribution in [3.05, 3.63) is 81.6 Å². The van der Waals surface area contributed by atoms with Crippen LogP contribution in [0.15, 0.2) is 42.5 Å². The molecule has 6 nitrogen and oxygen atoms in total. The van der Waals surface area contributed by atoms with Crippen LogP contribution in [0, 0.1) is 25.5 Å². The Morgan fingerprint density at radius 3 is 2.47 bits per heavy atom. The van der Waals surface area contributed by atoms with Crippen LogP contribution in [0.4, 0.5) is 14.5 Å². The number of halogens is 3. The van der Waals surface area contributed by atoms with Gasteiger partial charge in [0.15, 0.2) is 18.2 Å². The van der Waals surface area contributed by atoms with Gasteiger partial charge in [-0.05, 0) is 31.5 Å². The minimum absolute atomic E-state index is 0.0371. The number of nitrogens with zero attached hydrogens (tertiary/aromatic N) is 2. The van der Waals surface area contributed by atoms with E-state index in [1.54, 1.807) is 6.92 Å². The first-order chi connectivity index (χ1) is 14.2. The minimum atomic E-state index is -1.10. The molecule has 0 aliphatic rings. The molecule has 0 aliphatic heterocycles. The van der Waals surface area contributed by atoms with Crippen LogP contribution in [-0.2, 0) is 16.1 Å². The van der Waals surface area contributed by atoms with Gasteiger partial charge in [-0.25, -0.2) is 18.3 Å². The summed E-state index contributed by atoms with van der Waals surface area (Å²) in [5.41, 5.74) is 2.53. The van der Waals surface area contributed by atoms with Crippen LogP contribution < -0.4 is 5.32 Å². The zero-order valence-electron chi connectivity index (χ0n) is 16.2. The van der Waals surface area contributed by atoms with E-state index in [-0.39, 0.29) is 16.4 Å². The first kappa shape index (κ1) is 21.4. The number of nitrogens with one attached hydrogen (secondary N) is 1. The summed E-state index contributed by atoms with van der Waals surface area (Å²) in [5.74, 6) is -3.66. The second-order valence-corrected chi connectivity index (χ2v) is 7.01. The zero-order valence-corrected chi connectivity index (χ0v) is 17.0. The molecule has 2 aromatic carbocycles. The van der Waals surface area contributed by atoms with Crippen LogP contribution in [0.3, 0.4) is 0 Å². The van der Waals surface area contributed by atoms with Gasteiger partial charge in [0, 0.05) is 11.8 Å². The maximum absolute atomic E-state index is 13.2. The minimum Gasteiger partial charge on any atom is -0.452 e. The average Bonchev–Trinajstić information content (AvgIpc) is 2.98. The highest BCUT2D eigenvalue weighted by atomic mass is 35.5. The Hall–Kier alpha value is -3.26. The van der Waals surface area contributed by atoms with Crippen molar-refractivity contribution < 1.29 is 23.1 Å². The topological polar surface area (TPSA) is 73.2 Å². The number of hydrogen-bond acceptors (Lipinski definition) is 4. The standard InChI is InChI=1S/C21H18ClF2N3O3/c1-12-3-5-14(6-4-12)10-27-20(22)19(13(2)26-27)21(29)30-11-18(28)25-15-7-8-16(23)17(24)9-15/h3-9H,10-11H2,1-2H3,(H,25,28). The molecule has 0 saturated carbocycles. The summed E-state index contributed by atoms with van der Waals surface area (Å²) in [7, 11) is 0. The molecule has 1 aromatic heterocycles. The third-order valence-corrected chi connectivity index (χ3v) is 4.64. The summed E-state index contributed by atoms with van der Waals surface area (Å²) < 4.78 is 32.6. The molecule has 0 unspecified atom stereocenters. The number of amides is 1. The van der Waals surface area contributed by atoms with Crippen molar-refractivity contribution in [2.24, 2.45) is 0 Å². The van der Waals surface area contributed by atoms with Crippen LogP contribution >= 0.6 is 11.6 Å². The molecule has 0 radical (unpaired) electrons. The van der Waals surface area contributed by atoms with E-state index in [4.69, 9.17) is 16.3 Å². The fraction of sp³-hybridized carbons (Fsp3) is 0.190.